The number of rotatable bonds is 6. The van der Waals surface area contributed by atoms with Gasteiger partial charge in [-0.1, -0.05) is 18.2 Å². The average Bonchev–Trinajstić information content (AvgIpc) is 3.39. The van der Waals surface area contributed by atoms with Gasteiger partial charge in [-0.05, 0) is 60.3 Å². The normalized spacial score (nSPS) is 17.1. The van der Waals surface area contributed by atoms with Crippen LogP contribution in [0.3, 0.4) is 0 Å². The van der Waals surface area contributed by atoms with Crippen molar-refractivity contribution in [3.63, 3.8) is 0 Å². The minimum atomic E-state index is 0.462. The summed E-state index contributed by atoms with van der Waals surface area (Å²) in [6.07, 6.45) is 4.88. The molecule has 27 heavy (non-hydrogen) atoms. The summed E-state index contributed by atoms with van der Waals surface area (Å²) >= 11 is 1.62. The molecule has 1 fully saturated rings. The Morgan fingerprint density at radius 1 is 1.19 bits per heavy atom. The Balaban J connectivity index is 1.27. The van der Waals surface area contributed by atoms with Crippen molar-refractivity contribution < 1.29 is 0 Å². The Hall–Kier alpha value is -2.59. The molecule has 1 N–H and O–H groups in total. The Morgan fingerprint density at radius 3 is 2.85 bits per heavy atom. The molecule has 2 aromatic carbocycles. The molecule has 1 saturated heterocycles. The molecular formula is C21H21N5S. The Kier molecular flexibility index (Phi) is 5.54. The van der Waals surface area contributed by atoms with Crippen LogP contribution in [0.15, 0.2) is 71.9 Å². The van der Waals surface area contributed by atoms with Crippen molar-refractivity contribution in [3.8, 4) is 11.8 Å². The standard InChI is InChI=1S/C21H21N5S/c22-14-18-3-1-4-21(13-18)27-24-19-9-12-25(16-19)15-17-5-7-20(8-6-17)26-11-2-10-23-26/h1-8,10-11,13,19,24H,9,12,15-16H2. The minimum Gasteiger partial charge on any atom is -0.297 e. The Morgan fingerprint density at radius 2 is 2.07 bits per heavy atom. The molecule has 2 heterocycles. The van der Waals surface area contributed by atoms with E-state index in [9.17, 15) is 0 Å². The highest BCUT2D eigenvalue weighted by atomic mass is 32.2. The number of hydrogen-bond acceptors (Lipinski definition) is 5. The lowest BCUT2D eigenvalue weighted by Gasteiger charge is -2.17. The summed E-state index contributed by atoms with van der Waals surface area (Å²) < 4.78 is 5.42. The zero-order chi connectivity index (χ0) is 18.5. The van der Waals surface area contributed by atoms with Crippen molar-refractivity contribution in [1.82, 2.24) is 19.4 Å². The van der Waals surface area contributed by atoms with Crippen LogP contribution in [0.2, 0.25) is 0 Å². The van der Waals surface area contributed by atoms with Crippen LogP contribution in [0.4, 0.5) is 0 Å². The summed E-state index contributed by atoms with van der Waals surface area (Å²) in [5.74, 6) is 0. The summed E-state index contributed by atoms with van der Waals surface area (Å²) in [5.41, 5.74) is 3.11. The second-order valence-corrected chi connectivity index (χ2v) is 7.61. The van der Waals surface area contributed by atoms with Crippen molar-refractivity contribution >= 4 is 11.9 Å². The van der Waals surface area contributed by atoms with Crippen LogP contribution in [-0.2, 0) is 6.54 Å². The number of benzene rings is 2. The van der Waals surface area contributed by atoms with Gasteiger partial charge >= 0.3 is 0 Å². The number of hydrogen-bond donors (Lipinski definition) is 1. The maximum absolute atomic E-state index is 9.00. The van der Waals surface area contributed by atoms with E-state index in [4.69, 9.17) is 5.26 Å². The molecule has 5 nitrogen and oxygen atoms in total. The van der Waals surface area contributed by atoms with E-state index < -0.39 is 0 Å². The van der Waals surface area contributed by atoms with E-state index in [0.717, 1.165) is 36.6 Å². The van der Waals surface area contributed by atoms with Crippen molar-refractivity contribution in [2.75, 3.05) is 13.1 Å². The third kappa shape index (κ3) is 4.58. The quantitative estimate of drug-likeness (QED) is 0.667. The monoisotopic (exact) mass is 375 g/mol. The molecule has 0 radical (unpaired) electrons. The molecule has 1 aliphatic rings. The van der Waals surface area contributed by atoms with Gasteiger partial charge in [-0.3, -0.25) is 9.62 Å². The molecule has 136 valence electrons. The molecule has 0 amide bonds. The highest BCUT2D eigenvalue weighted by Gasteiger charge is 2.22. The molecule has 6 heteroatoms. The molecule has 1 atom stereocenters. The number of nitrogens with one attached hydrogen (secondary N) is 1. The predicted molar refractivity (Wildman–Crippen MR) is 107 cm³/mol. The van der Waals surface area contributed by atoms with E-state index in [0.29, 0.717) is 11.6 Å². The molecule has 1 unspecified atom stereocenters. The fourth-order valence-corrected chi connectivity index (χ4v) is 4.11. The zero-order valence-corrected chi connectivity index (χ0v) is 15.8. The van der Waals surface area contributed by atoms with Crippen molar-refractivity contribution in [1.29, 1.82) is 5.26 Å². The van der Waals surface area contributed by atoms with Gasteiger partial charge in [0.2, 0.25) is 0 Å². The average molecular weight is 376 g/mol. The lowest BCUT2D eigenvalue weighted by Crippen LogP contribution is -2.28. The highest BCUT2D eigenvalue weighted by molar-refractivity contribution is 7.97. The molecule has 4 rings (SSSR count). The second kappa shape index (κ2) is 8.40. The van der Waals surface area contributed by atoms with E-state index in [-0.39, 0.29) is 0 Å². The molecule has 0 saturated carbocycles. The smallest absolute Gasteiger partial charge is 0.0992 e. The van der Waals surface area contributed by atoms with Crippen LogP contribution in [0.25, 0.3) is 5.69 Å². The van der Waals surface area contributed by atoms with Crippen LogP contribution in [0, 0.1) is 11.3 Å². The molecule has 0 spiro atoms. The van der Waals surface area contributed by atoms with Gasteiger partial charge in [0, 0.05) is 43.0 Å². The molecule has 0 bridgehead atoms. The lowest BCUT2D eigenvalue weighted by molar-refractivity contribution is 0.325. The fraction of sp³-hybridized carbons (Fsp3) is 0.238. The SMILES string of the molecule is N#Cc1cccc(SNC2CCN(Cc3ccc(-n4cccn4)cc3)C2)c1. The maximum Gasteiger partial charge on any atom is 0.0992 e. The zero-order valence-electron chi connectivity index (χ0n) is 15.0. The first-order valence-corrected chi connectivity index (χ1v) is 9.86. The number of nitrogens with zero attached hydrogens (tertiary/aromatic N) is 4. The van der Waals surface area contributed by atoms with Gasteiger partial charge in [0.05, 0.1) is 17.3 Å². The molecule has 1 aliphatic heterocycles. The molecular weight excluding hydrogens is 354 g/mol. The van der Waals surface area contributed by atoms with Crippen LogP contribution in [-0.4, -0.2) is 33.8 Å². The summed E-state index contributed by atoms with van der Waals surface area (Å²) in [7, 11) is 0. The van der Waals surface area contributed by atoms with Crippen LogP contribution in [0.5, 0.6) is 0 Å². The van der Waals surface area contributed by atoms with Gasteiger partial charge in [0.25, 0.3) is 0 Å². The van der Waals surface area contributed by atoms with Crippen LogP contribution in [0.1, 0.15) is 17.5 Å². The van der Waals surface area contributed by atoms with Crippen LogP contribution < -0.4 is 4.72 Å². The first kappa shape index (κ1) is 17.8. The van der Waals surface area contributed by atoms with Gasteiger partial charge in [-0.15, -0.1) is 0 Å². The van der Waals surface area contributed by atoms with E-state index in [1.165, 1.54) is 5.56 Å². The van der Waals surface area contributed by atoms with Crippen molar-refractivity contribution in [2.45, 2.75) is 23.9 Å². The van der Waals surface area contributed by atoms with Gasteiger partial charge < -0.3 is 0 Å². The maximum atomic E-state index is 9.00. The molecule has 1 aromatic heterocycles. The lowest BCUT2D eigenvalue weighted by atomic mass is 10.2. The third-order valence-electron chi connectivity index (χ3n) is 4.69. The van der Waals surface area contributed by atoms with Gasteiger partial charge in [0.15, 0.2) is 0 Å². The van der Waals surface area contributed by atoms with Crippen LogP contribution >= 0.6 is 11.9 Å². The predicted octanol–water partition coefficient (Wildman–Crippen LogP) is 3.62. The number of nitriles is 1. The summed E-state index contributed by atoms with van der Waals surface area (Å²) in [5, 5.41) is 13.3. The molecule has 3 aromatic rings. The molecule has 0 aliphatic carbocycles. The van der Waals surface area contributed by atoms with Gasteiger partial charge in [0.1, 0.15) is 0 Å². The van der Waals surface area contributed by atoms with Crippen molar-refractivity contribution in [3.05, 3.63) is 78.1 Å². The van der Waals surface area contributed by atoms with E-state index >= 15 is 0 Å². The first-order valence-electron chi connectivity index (χ1n) is 9.04. The summed E-state index contributed by atoms with van der Waals surface area (Å²) in [6, 6.07) is 20.9. The third-order valence-corrected chi connectivity index (χ3v) is 5.63. The number of likely N-dealkylation sites (tertiary alicyclic amines) is 1. The summed E-state index contributed by atoms with van der Waals surface area (Å²) in [6.45, 7) is 3.09. The fourth-order valence-electron chi connectivity index (χ4n) is 3.29. The largest absolute Gasteiger partial charge is 0.297 e. The summed E-state index contributed by atoms with van der Waals surface area (Å²) in [4.78, 5) is 3.56. The second-order valence-electron chi connectivity index (χ2n) is 6.70. The minimum absolute atomic E-state index is 0.462. The topological polar surface area (TPSA) is 56.9 Å². The Bertz CT molecular complexity index is 914. The Labute approximate surface area is 163 Å². The first-order chi connectivity index (χ1) is 13.3. The van der Waals surface area contributed by atoms with Gasteiger partial charge in [-0.25, -0.2) is 4.68 Å². The van der Waals surface area contributed by atoms with Gasteiger partial charge in [-0.2, -0.15) is 10.4 Å². The van der Waals surface area contributed by atoms with E-state index in [2.05, 4.69) is 45.1 Å². The van der Waals surface area contributed by atoms with E-state index in [1.807, 2.05) is 41.2 Å². The van der Waals surface area contributed by atoms with Crippen molar-refractivity contribution in [2.24, 2.45) is 0 Å². The highest BCUT2D eigenvalue weighted by Crippen LogP contribution is 2.21. The van der Waals surface area contributed by atoms with E-state index in [1.54, 1.807) is 18.1 Å². The number of aromatic nitrogens is 2.